The summed E-state index contributed by atoms with van der Waals surface area (Å²) in [6, 6.07) is 5.34. The Balaban J connectivity index is 1.81. The fraction of sp³-hybridized carbons (Fsp3) is 0.435. The Labute approximate surface area is 190 Å². The van der Waals surface area contributed by atoms with Crippen LogP contribution in [0.25, 0.3) is 0 Å². The van der Waals surface area contributed by atoms with E-state index in [4.69, 9.17) is 4.74 Å². The Morgan fingerprint density at radius 1 is 1.06 bits per heavy atom. The molecule has 0 spiro atoms. The van der Waals surface area contributed by atoms with Crippen LogP contribution in [0.3, 0.4) is 0 Å². The molecule has 1 aromatic heterocycles. The maximum Gasteiger partial charge on any atom is 0.407 e. The van der Waals surface area contributed by atoms with Crippen LogP contribution in [-0.2, 0) is 4.74 Å². The van der Waals surface area contributed by atoms with E-state index in [9.17, 15) is 23.2 Å². The summed E-state index contributed by atoms with van der Waals surface area (Å²) in [6.07, 6.45) is 2.55. The zero-order valence-corrected chi connectivity index (χ0v) is 18.6. The van der Waals surface area contributed by atoms with Crippen molar-refractivity contribution in [3.63, 3.8) is 0 Å². The largest absolute Gasteiger partial charge is 0.444 e. The number of nitrogens with one attached hydrogen (secondary N) is 3. The second-order valence-electron chi connectivity index (χ2n) is 8.87. The third-order valence-corrected chi connectivity index (χ3v) is 5.07. The van der Waals surface area contributed by atoms with Crippen LogP contribution in [0.15, 0.2) is 24.3 Å². The monoisotopic (exact) mass is 461 g/mol. The number of anilines is 3. The van der Waals surface area contributed by atoms with Crippen molar-refractivity contribution in [2.24, 2.45) is 0 Å². The summed E-state index contributed by atoms with van der Waals surface area (Å²) in [4.78, 5) is 16.4. The van der Waals surface area contributed by atoms with Crippen LogP contribution in [0.1, 0.15) is 52.0 Å². The lowest BCUT2D eigenvalue weighted by atomic mass is 9.90. The number of benzene rings is 1. The lowest BCUT2D eigenvalue weighted by Crippen LogP contribution is -2.50. The number of hydrogen-bond acceptors (Lipinski definition) is 6. The molecule has 1 heterocycles. The summed E-state index contributed by atoms with van der Waals surface area (Å²) in [7, 11) is 0. The van der Waals surface area contributed by atoms with Gasteiger partial charge in [-0.3, -0.25) is 0 Å². The highest BCUT2D eigenvalue weighted by Gasteiger charge is 2.29. The molecule has 1 fully saturated rings. The van der Waals surface area contributed by atoms with Crippen molar-refractivity contribution in [1.29, 1.82) is 5.26 Å². The topological polar surface area (TPSA) is 99.1 Å². The third-order valence-electron chi connectivity index (χ3n) is 5.07. The quantitative estimate of drug-likeness (QED) is 0.554. The van der Waals surface area contributed by atoms with Gasteiger partial charge in [0, 0.05) is 17.8 Å². The molecule has 7 nitrogen and oxygen atoms in total. The molecule has 0 aliphatic heterocycles. The lowest BCUT2D eigenvalue weighted by Gasteiger charge is -2.33. The minimum Gasteiger partial charge on any atom is -0.444 e. The van der Waals surface area contributed by atoms with Crippen LogP contribution in [-0.4, -0.2) is 28.8 Å². The van der Waals surface area contributed by atoms with E-state index in [1.807, 2.05) is 6.07 Å². The number of ether oxygens (including phenoxy) is 1. The third kappa shape index (κ3) is 6.51. The molecular weight excluding hydrogens is 435 g/mol. The molecule has 33 heavy (non-hydrogen) atoms. The van der Waals surface area contributed by atoms with Crippen LogP contribution in [0.2, 0.25) is 0 Å². The van der Waals surface area contributed by atoms with Gasteiger partial charge >= 0.3 is 6.09 Å². The predicted octanol–water partition coefficient (Wildman–Crippen LogP) is 5.36. The van der Waals surface area contributed by atoms with E-state index < -0.39 is 29.1 Å². The fourth-order valence-electron chi connectivity index (χ4n) is 3.59. The van der Waals surface area contributed by atoms with Gasteiger partial charge in [0.15, 0.2) is 29.1 Å². The summed E-state index contributed by atoms with van der Waals surface area (Å²) in [5.41, 5.74) is -0.601. The Kier molecular flexibility index (Phi) is 7.31. The molecule has 1 aliphatic carbocycles. The molecule has 0 radical (unpaired) electrons. The molecule has 0 saturated heterocycles. The molecule has 1 saturated carbocycles. The van der Waals surface area contributed by atoms with Crippen molar-refractivity contribution in [1.82, 2.24) is 10.3 Å². The number of amides is 1. The van der Waals surface area contributed by atoms with Crippen LogP contribution in [0.4, 0.5) is 35.3 Å². The minimum atomic E-state index is -1.07. The Hall–Kier alpha value is -3.48. The average Bonchev–Trinajstić information content (AvgIpc) is 2.73. The van der Waals surface area contributed by atoms with Crippen molar-refractivity contribution in [3.05, 3.63) is 47.3 Å². The van der Waals surface area contributed by atoms with Crippen molar-refractivity contribution in [3.8, 4) is 6.07 Å². The van der Waals surface area contributed by atoms with Crippen molar-refractivity contribution in [2.45, 2.75) is 64.1 Å². The molecule has 3 N–H and O–H groups in total. The zero-order valence-electron chi connectivity index (χ0n) is 18.6. The molecule has 3 rings (SSSR count). The number of pyridine rings is 1. The first-order chi connectivity index (χ1) is 15.6. The standard InChI is InChI=1S/C23H26F3N5O2/c1-23(2,3)33-22(32)30-19-7-5-4-6-18(19)29-21-17(26)10-13(12-27)20(31-21)28-14-8-9-15(24)16(25)11-14/h8-11,18-19H,4-7H2,1-3H3,(H,30,32)(H2,28,29,31)/t18-,19+/m1/s1. The van der Waals surface area contributed by atoms with E-state index >= 15 is 0 Å². The number of halogens is 3. The van der Waals surface area contributed by atoms with Crippen molar-refractivity contribution in [2.75, 3.05) is 10.6 Å². The fourth-order valence-corrected chi connectivity index (χ4v) is 3.59. The van der Waals surface area contributed by atoms with Gasteiger partial charge in [-0.05, 0) is 51.8 Å². The van der Waals surface area contributed by atoms with Gasteiger partial charge in [0.05, 0.1) is 11.6 Å². The van der Waals surface area contributed by atoms with Crippen LogP contribution in [0, 0.1) is 28.8 Å². The summed E-state index contributed by atoms with van der Waals surface area (Å²) in [5.74, 6) is -2.97. The molecule has 1 aliphatic rings. The number of aromatic nitrogens is 1. The second kappa shape index (κ2) is 9.98. The van der Waals surface area contributed by atoms with Gasteiger partial charge < -0.3 is 20.7 Å². The molecule has 10 heteroatoms. The first-order valence-corrected chi connectivity index (χ1v) is 10.6. The Bertz CT molecular complexity index is 1070. The first kappa shape index (κ1) is 24.2. The molecule has 2 atom stereocenters. The first-order valence-electron chi connectivity index (χ1n) is 10.6. The van der Waals surface area contributed by atoms with E-state index in [0.717, 1.165) is 31.0 Å². The van der Waals surface area contributed by atoms with E-state index in [-0.39, 0.29) is 35.0 Å². The van der Waals surface area contributed by atoms with E-state index in [2.05, 4.69) is 20.9 Å². The maximum atomic E-state index is 14.7. The molecule has 176 valence electrons. The van der Waals surface area contributed by atoms with Crippen LogP contribution in [0.5, 0.6) is 0 Å². The van der Waals surface area contributed by atoms with Gasteiger partial charge in [0.25, 0.3) is 0 Å². The smallest absolute Gasteiger partial charge is 0.407 e. The van der Waals surface area contributed by atoms with Crippen LogP contribution < -0.4 is 16.0 Å². The summed E-state index contributed by atoms with van der Waals surface area (Å²) >= 11 is 0. The van der Waals surface area contributed by atoms with Crippen LogP contribution >= 0.6 is 0 Å². The highest BCUT2D eigenvalue weighted by molar-refractivity contribution is 5.68. The summed E-state index contributed by atoms with van der Waals surface area (Å²) in [6.45, 7) is 5.29. The number of rotatable bonds is 5. The van der Waals surface area contributed by atoms with Gasteiger partial charge in [0.1, 0.15) is 11.7 Å². The maximum absolute atomic E-state index is 14.7. The van der Waals surface area contributed by atoms with Gasteiger partial charge in [0.2, 0.25) is 0 Å². The minimum absolute atomic E-state index is 0.0140. The number of nitriles is 1. The predicted molar refractivity (Wildman–Crippen MR) is 118 cm³/mol. The Morgan fingerprint density at radius 2 is 1.76 bits per heavy atom. The average molecular weight is 461 g/mol. The molecule has 0 bridgehead atoms. The van der Waals surface area contributed by atoms with Gasteiger partial charge in [-0.15, -0.1) is 0 Å². The lowest BCUT2D eigenvalue weighted by molar-refractivity contribution is 0.0488. The van der Waals surface area contributed by atoms with Gasteiger partial charge in [-0.2, -0.15) is 5.26 Å². The summed E-state index contributed by atoms with van der Waals surface area (Å²) < 4.78 is 46.8. The highest BCUT2D eigenvalue weighted by atomic mass is 19.2. The molecule has 0 unspecified atom stereocenters. The highest BCUT2D eigenvalue weighted by Crippen LogP contribution is 2.27. The molecule has 1 amide bonds. The number of carbonyl (C=O) groups excluding carboxylic acids is 1. The van der Waals surface area contributed by atoms with Crippen molar-refractivity contribution < 1.29 is 22.7 Å². The normalized spacial score (nSPS) is 18.2. The van der Waals surface area contributed by atoms with E-state index in [1.165, 1.54) is 6.07 Å². The molecular formula is C23H26F3N5O2. The number of nitrogens with zero attached hydrogens (tertiary/aromatic N) is 2. The number of alkyl carbamates (subject to hydrolysis) is 1. The second-order valence-corrected chi connectivity index (χ2v) is 8.87. The number of hydrogen-bond donors (Lipinski definition) is 3. The summed E-state index contributed by atoms with van der Waals surface area (Å²) in [5, 5.41) is 17.9. The molecule has 2 aromatic rings. The van der Waals surface area contributed by atoms with E-state index in [1.54, 1.807) is 20.8 Å². The number of carbonyl (C=O) groups is 1. The van der Waals surface area contributed by atoms with E-state index in [0.29, 0.717) is 12.8 Å². The van der Waals surface area contributed by atoms with Crippen molar-refractivity contribution >= 4 is 23.4 Å². The zero-order chi connectivity index (χ0) is 24.2. The Morgan fingerprint density at radius 3 is 2.39 bits per heavy atom. The molecule has 1 aromatic carbocycles. The van der Waals surface area contributed by atoms with Gasteiger partial charge in [-0.25, -0.2) is 22.9 Å². The SMILES string of the molecule is CC(C)(C)OC(=O)N[C@H]1CCCC[C@H]1Nc1nc(Nc2ccc(F)c(F)c2)c(C#N)cc1F. The van der Waals surface area contributed by atoms with Gasteiger partial charge in [-0.1, -0.05) is 12.8 Å².